The van der Waals surface area contributed by atoms with Crippen molar-refractivity contribution in [3.8, 4) is 0 Å². The number of anilines is 3. The lowest BCUT2D eigenvalue weighted by molar-refractivity contribution is 0.0989. The summed E-state index contributed by atoms with van der Waals surface area (Å²) in [6.07, 6.45) is 2.63. The van der Waals surface area contributed by atoms with Gasteiger partial charge in [0.1, 0.15) is 5.82 Å². The van der Waals surface area contributed by atoms with Gasteiger partial charge in [-0.2, -0.15) is 0 Å². The van der Waals surface area contributed by atoms with Crippen LogP contribution in [-0.4, -0.2) is 48.6 Å². The van der Waals surface area contributed by atoms with Gasteiger partial charge < -0.3 is 14.7 Å². The average molecular weight is 420 g/mol. The van der Waals surface area contributed by atoms with Gasteiger partial charge in [-0.15, -0.1) is 11.3 Å². The average Bonchev–Trinajstić information content (AvgIpc) is 3.37. The van der Waals surface area contributed by atoms with E-state index in [1.165, 1.54) is 10.4 Å². The smallest absolute Gasteiger partial charge is 0.259 e. The number of pyridine rings is 1. The van der Waals surface area contributed by atoms with Crippen molar-refractivity contribution in [2.45, 2.75) is 20.3 Å². The second kappa shape index (κ2) is 7.72. The molecule has 0 bridgehead atoms. The first-order valence-corrected chi connectivity index (χ1v) is 11.2. The van der Waals surface area contributed by atoms with Crippen LogP contribution >= 0.6 is 11.3 Å². The topological polar surface area (TPSA) is 52.6 Å². The second-order valence-electron chi connectivity index (χ2n) is 7.85. The molecule has 0 unspecified atom stereocenters. The number of hydrogen-bond donors (Lipinski definition) is 0. The molecule has 0 aliphatic carbocycles. The number of amides is 1. The first-order chi connectivity index (χ1) is 14.6. The third-order valence-electron chi connectivity index (χ3n) is 6.02. The molecule has 1 aromatic carbocycles. The van der Waals surface area contributed by atoms with Crippen molar-refractivity contribution in [3.63, 3.8) is 0 Å². The molecule has 2 aliphatic heterocycles. The predicted octanol–water partition coefficient (Wildman–Crippen LogP) is 3.68. The van der Waals surface area contributed by atoms with Gasteiger partial charge in [0.05, 0.1) is 11.3 Å². The molecule has 154 valence electrons. The van der Waals surface area contributed by atoms with Gasteiger partial charge in [0.25, 0.3) is 5.91 Å². The second-order valence-corrected chi connectivity index (χ2v) is 9.03. The molecule has 0 spiro atoms. The monoisotopic (exact) mass is 419 g/mol. The molecule has 2 aliphatic rings. The molecule has 3 aromatic rings. The Balaban J connectivity index is 1.24. The van der Waals surface area contributed by atoms with Crippen LogP contribution in [0, 0.1) is 13.8 Å². The highest BCUT2D eigenvalue weighted by molar-refractivity contribution is 7.15. The number of nitrogens with zero attached hydrogens (tertiary/aromatic N) is 5. The van der Waals surface area contributed by atoms with Crippen LogP contribution in [0.3, 0.4) is 0 Å². The van der Waals surface area contributed by atoms with Crippen LogP contribution in [-0.2, 0) is 6.42 Å². The van der Waals surface area contributed by atoms with E-state index in [2.05, 4.69) is 39.7 Å². The highest BCUT2D eigenvalue weighted by Gasteiger charge is 2.26. The molecule has 1 saturated heterocycles. The van der Waals surface area contributed by atoms with Crippen molar-refractivity contribution >= 4 is 33.9 Å². The van der Waals surface area contributed by atoms with Crippen molar-refractivity contribution in [2.24, 2.45) is 0 Å². The van der Waals surface area contributed by atoms with E-state index in [-0.39, 0.29) is 5.91 Å². The van der Waals surface area contributed by atoms with Crippen molar-refractivity contribution in [2.75, 3.05) is 47.4 Å². The first kappa shape index (κ1) is 19.1. The van der Waals surface area contributed by atoms with Gasteiger partial charge >= 0.3 is 0 Å². The van der Waals surface area contributed by atoms with Crippen LogP contribution in [0.25, 0.3) is 0 Å². The largest absolute Gasteiger partial charge is 0.353 e. The van der Waals surface area contributed by atoms with Crippen molar-refractivity contribution in [1.82, 2.24) is 9.97 Å². The number of fused-ring (bicyclic) bond motifs is 1. The fourth-order valence-corrected chi connectivity index (χ4v) is 5.08. The van der Waals surface area contributed by atoms with Crippen molar-refractivity contribution in [1.29, 1.82) is 0 Å². The number of aromatic nitrogens is 2. The summed E-state index contributed by atoms with van der Waals surface area (Å²) in [5, 5.41) is 1.12. The third kappa shape index (κ3) is 3.43. The van der Waals surface area contributed by atoms with E-state index in [4.69, 9.17) is 0 Å². The number of benzene rings is 1. The molecule has 1 fully saturated rings. The van der Waals surface area contributed by atoms with Gasteiger partial charge in [0.2, 0.25) is 0 Å². The fourth-order valence-electron chi connectivity index (χ4n) is 4.12. The summed E-state index contributed by atoms with van der Waals surface area (Å²) < 4.78 is 0. The lowest BCUT2D eigenvalue weighted by atomic mass is 10.2. The van der Waals surface area contributed by atoms with E-state index in [0.717, 1.165) is 61.5 Å². The summed E-state index contributed by atoms with van der Waals surface area (Å²) in [5.41, 5.74) is 4.03. The molecule has 0 N–H and O–H groups in total. The van der Waals surface area contributed by atoms with Crippen molar-refractivity contribution in [3.05, 3.63) is 64.3 Å². The maximum Gasteiger partial charge on any atom is 0.259 e. The lowest BCUT2D eigenvalue weighted by Crippen LogP contribution is -2.46. The summed E-state index contributed by atoms with van der Waals surface area (Å²) in [6, 6.07) is 12.0. The number of carbonyl (C=O) groups excluding carboxylic acids is 1. The van der Waals surface area contributed by atoms with Gasteiger partial charge in [-0.1, -0.05) is 18.2 Å². The normalized spacial score (nSPS) is 16.1. The quantitative estimate of drug-likeness (QED) is 0.648. The Morgan fingerprint density at radius 1 is 0.967 bits per heavy atom. The van der Waals surface area contributed by atoms with Gasteiger partial charge in [0.15, 0.2) is 5.13 Å². The standard InChI is InChI=1S/C23H25N5OS/c1-16-17(2)30-23(25-16)27-13-11-26(12-14-27)21-8-7-19(15-24-21)22(29)28-10-9-18-5-3-4-6-20(18)28/h3-8,15H,9-14H2,1-2H3. The summed E-state index contributed by atoms with van der Waals surface area (Å²) >= 11 is 1.77. The fraction of sp³-hybridized carbons (Fsp3) is 0.348. The zero-order valence-electron chi connectivity index (χ0n) is 17.3. The van der Waals surface area contributed by atoms with Gasteiger partial charge in [-0.3, -0.25) is 4.79 Å². The van der Waals surface area contributed by atoms with E-state index >= 15 is 0 Å². The molecule has 0 atom stereocenters. The molecule has 2 aromatic heterocycles. The molecular formula is C23H25N5OS. The number of hydrogen-bond acceptors (Lipinski definition) is 6. The highest BCUT2D eigenvalue weighted by Crippen LogP contribution is 2.29. The zero-order chi connectivity index (χ0) is 20.7. The van der Waals surface area contributed by atoms with Gasteiger partial charge in [-0.25, -0.2) is 9.97 Å². The minimum Gasteiger partial charge on any atom is -0.353 e. The number of piperazine rings is 1. The zero-order valence-corrected chi connectivity index (χ0v) is 18.2. The number of aryl methyl sites for hydroxylation is 2. The Kier molecular flexibility index (Phi) is 4.90. The minimum absolute atomic E-state index is 0.0262. The molecule has 5 rings (SSSR count). The molecule has 0 radical (unpaired) electrons. The van der Waals surface area contributed by atoms with E-state index in [9.17, 15) is 4.79 Å². The van der Waals surface area contributed by atoms with E-state index in [0.29, 0.717) is 5.56 Å². The van der Waals surface area contributed by atoms with Crippen LogP contribution in [0.4, 0.5) is 16.6 Å². The number of thiazole rings is 1. The molecule has 7 heteroatoms. The summed E-state index contributed by atoms with van der Waals surface area (Å²) in [5.74, 6) is 0.956. The Bertz CT molecular complexity index is 1050. The van der Waals surface area contributed by atoms with Crippen molar-refractivity contribution < 1.29 is 4.79 Å². The summed E-state index contributed by atoms with van der Waals surface area (Å²) in [6.45, 7) is 8.59. The van der Waals surface area contributed by atoms with Crippen LogP contribution < -0.4 is 14.7 Å². The molecule has 0 saturated carbocycles. The van der Waals surface area contributed by atoms with Crippen LogP contribution in [0.15, 0.2) is 42.6 Å². The number of carbonyl (C=O) groups is 1. The Morgan fingerprint density at radius 2 is 1.73 bits per heavy atom. The molecular weight excluding hydrogens is 394 g/mol. The first-order valence-electron chi connectivity index (χ1n) is 10.4. The van der Waals surface area contributed by atoms with E-state index < -0.39 is 0 Å². The third-order valence-corrected chi connectivity index (χ3v) is 7.15. The van der Waals surface area contributed by atoms with Crippen LogP contribution in [0.1, 0.15) is 26.5 Å². The summed E-state index contributed by atoms with van der Waals surface area (Å²) in [7, 11) is 0. The predicted molar refractivity (Wildman–Crippen MR) is 122 cm³/mol. The number of para-hydroxylation sites is 1. The maximum absolute atomic E-state index is 13.0. The minimum atomic E-state index is 0.0262. The Hall–Kier alpha value is -2.93. The highest BCUT2D eigenvalue weighted by atomic mass is 32.1. The van der Waals surface area contributed by atoms with E-state index in [1.54, 1.807) is 17.5 Å². The molecule has 1 amide bonds. The maximum atomic E-state index is 13.0. The Labute approximate surface area is 180 Å². The summed E-state index contributed by atoms with van der Waals surface area (Å²) in [4.78, 5) is 30.1. The van der Waals surface area contributed by atoms with Gasteiger partial charge in [-0.05, 0) is 44.0 Å². The van der Waals surface area contributed by atoms with Gasteiger partial charge in [0, 0.05) is 49.5 Å². The van der Waals surface area contributed by atoms with E-state index in [1.807, 2.05) is 35.2 Å². The van der Waals surface area contributed by atoms with Crippen LogP contribution in [0.5, 0.6) is 0 Å². The Morgan fingerprint density at radius 3 is 2.43 bits per heavy atom. The number of rotatable bonds is 3. The molecule has 30 heavy (non-hydrogen) atoms. The van der Waals surface area contributed by atoms with Crippen LogP contribution in [0.2, 0.25) is 0 Å². The SMILES string of the molecule is Cc1nc(N2CCN(c3ccc(C(=O)N4CCc5ccccc54)cn3)CC2)sc1C. The lowest BCUT2D eigenvalue weighted by Gasteiger charge is -2.35. The molecule has 4 heterocycles. The molecule has 6 nitrogen and oxygen atoms in total.